The topological polar surface area (TPSA) is 105 Å². The summed E-state index contributed by atoms with van der Waals surface area (Å²) in [5.41, 5.74) is 2.76. The Balaban J connectivity index is 1.40. The van der Waals surface area contributed by atoms with Crippen LogP contribution in [-0.2, 0) is 27.3 Å². The van der Waals surface area contributed by atoms with Crippen LogP contribution in [0.3, 0.4) is 0 Å². The zero-order chi connectivity index (χ0) is 22.7. The van der Waals surface area contributed by atoms with Crippen LogP contribution in [0.25, 0.3) is 0 Å². The summed E-state index contributed by atoms with van der Waals surface area (Å²) in [6, 6.07) is 12.1. The lowest BCUT2D eigenvalue weighted by Crippen LogP contribution is -2.52. The number of ether oxygens (including phenoxy) is 1. The maximum Gasteiger partial charge on any atom is 0.255 e. The Labute approximate surface area is 185 Å². The minimum absolute atomic E-state index is 0.154. The number of fused-ring (bicyclic) bond motifs is 1. The third-order valence-electron chi connectivity index (χ3n) is 5.73. The van der Waals surface area contributed by atoms with Gasteiger partial charge in [-0.15, -0.1) is 0 Å². The molecule has 0 bridgehead atoms. The van der Waals surface area contributed by atoms with E-state index in [1.807, 2.05) is 31.2 Å². The molecule has 2 N–H and O–H groups in total. The first-order chi connectivity index (χ1) is 15.5. The number of piperidine rings is 1. The Morgan fingerprint density at radius 3 is 2.66 bits per heavy atom. The van der Waals surface area contributed by atoms with Gasteiger partial charge in [0.2, 0.25) is 17.7 Å². The molecule has 2 heterocycles. The molecular formula is C24H25N3O5. The van der Waals surface area contributed by atoms with Gasteiger partial charge in [-0.25, -0.2) is 0 Å². The van der Waals surface area contributed by atoms with Crippen molar-refractivity contribution in [3.8, 4) is 5.75 Å². The molecular weight excluding hydrogens is 410 g/mol. The zero-order valence-corrected chi connectivity index (χ0v) is 17.8. The number of anilines is 1. The van der Waals surface area contributed by atoms with Gasteiger partial charge in [0.05, 0.1) is 6.61 Å². The number of carbonyl (C=O) groups excluding carboxylic acids is 4. The fraction of sp³-hybridized carbons (Fsp3) is 0.333. The number of rotatable bonds is 7. The van der Waals surface area contributed by atoms with Crippen LogP contribution in [0.1, 0.15) is 47.7 Å². The van der Waals surface area contributed by atoms with Crippen LogP contribution in [-0.4, -0.2) is 41.2 Å². The van der Waals surface area contributed by atoms with Crippen molar-refractivity contribution >= 4 is 29.3 Å². The average molecular weight is 435 g/mol. The molecule has 8 heteroatoms. The minimum Gasteiger partial charge on any atom is -0.494 e. The van der Waals surface area contributed by atoms with Gasteiger partial charge in [0.1, 0.15) is 11.8 Å². The van der Waals surface area contributed by atoms with Crippen LogP contribution in [0.4, 0.5) is 5.69 Å². The van der Waals surface area contributed by atoms with E-state index in [2.05, 4.69) is 10.6 Å². The number of benzene rings is 2. The Morgan fingerprint density at radius 2 is 1.94 bits per heavy atom. The van der Waals surface area contributed by atoms with E-state index in [1.165, 1.54) is 4.90 Å². The van der Waals surface area contributed by atoms with Crippen molar-refractivity contribution in [3.63, 3.8) is 0 Å². The largest absolute Gasteiger partial charge is 0.494 e. The summed E-state index contributed by atoms with van der Waals surface area (Å²) < 4.78 is 5.43. The first kappa shape index (κ1) is 21.5. The number of imide groups is 1. The lowest BCUT2D eigenvalue weighted by molar-refractivity contribution is -0.137. The molecule has 0 saturated carbocycles. The molecule has 2 aromatic rings. The van der Waals surface area contributed by atoms with Crippen LogP contribution in [0.5, 0.6) is 5.75 Å². The van der Waals surface area contributed by atoms with Crippen LogP contribution >= 0.6 is 0 Å². The molecule has 4 amide bonds. The molecule has 8 nitrogen and oxygen atoms in total. The second-order valence-electron chi connectivity index (χ2n) is 7.86. The molecule has 0 spiro atoms. The molecule has 1 saturated heterocycles. The van der Waals surface area contributed by atoms with Gasteiger partial charge in [0, 0.05) is 36.2 Å². The number of nitrogens with zero attached hydrogens (tertiary/aromatic N) is 1. The van der Waals surface area contributed by atoms with Gasteiger partial charge in [0.15, 0.2) is 0 Å². The van der Waals surface area contributed by atoms with Crippen LogP contribution in [0, 0.1) is 0 Å². The van der Waals surface area contributed by atoms with E-state index in [4.69, 9.17) is 4.74 Å². The highest BCUT2D eigenvalue weighted by Crippen LogP contribution is 2.32. The maximum atomic E-state index is 12.9. The first-order valence-electron chi connectivity index (χ1n) is 10.7. The van der Waals surface area contributed by atoms with Crippen LogP contribution < -0.4 is 15.4 Å². The molecule has 2 aliphatic rings. The molecule has 0 aliphatic carbocycles. The van der Waals surface area contributed by atoms with Crippen LogP contribution in [0.2, 0.25) is 0 Å². The van der Waals surface area contributed by atoms with E-state index >= 15 is 0 Å². The fourth-order valence-electron chi connectivity index (χ4n) is 4.09. The summed E-state index contributed by atoms with van der Waals surface area (Å²) in [5.74, 6) is -0.399. The molecule has 2 aromatic carbocycles. The van der Waals surface area contributed by atoms with Gasteiger partial charge in [-0.3, -0.25) is 24.5 Å². The monoisotopic (exact) mass is 435 g/mol. The van der Waals surface area contributed by atoms with E-state index < -0.39 is 11.9 Å². The van der Waals surface area contributed by atoms with Gasteiger partial charge in [-0.1, -0.05) is 18.2 Å². The number of hydrogen-bond donors (Lipinski definition) is 2. The lowest BCUT2D eigenvalue weighted by Gasteiger charge is -2.29. The number of hydrogen-bond acceptors (Lipinski definition) is 5. The van der Waals surface area contributed by atoms with Crippen molar-refractivity contribution in [3.05, 3.63) is 59.2 Å². The van der Waals surface area contributed by atoms with Crippen molar-refractivity contribution in [2.24, 2.45) is 0 Å². The molecule has 0 radical (unpaired) electrons. The highest BCUT2D eigenvalue weighted by atomic mass is 16.5. The average Bonchev–Trinajstić information content (AvgIpc) is 3.11. The molecule has 1 atom stereocenters. The SMILES string of the molecule is CCOc1ccc(CCC(=O)Nc2cccc3c2CN(C2CCC(=O)NC2=O)C3=O)cc1. The predicted octanol–water partition coefficient (Wildman–Crippen LogP) is 2.42. The number of carbonyl (C=O) groups is 4. The van der Waals surface area contributed by atoms with Crippen molar-refractivity contribution < 1.29 is 23.9 Å². The standard InChI is InChI=1S/C24H25N3O5/c1-2-32-16-9-6-15(7-10-16)8-12-21(28)25-19-5-3-4-17-18(19)14-27(24(17)31)20-11-13-22(29)26-23(20)30/h3-7,9-10,20H,2,8,11-14H2,1H3,(H,25,28)(H,26,29,30). The minimum atomic E-state index is -0.684. The Hall–Kier alpha value is -3.68. The quantitative estimate of drug-likeness (QED) is 0.650. The Bertz CT molecular complexity index is 1060. The number of nitrogens with one attached hydrogen (secondary N) is 2. The highest BCUT2D eigenvalue weighted by molar-refractivity contribution is 6.06. The second-order valence-corrected chi connectivity index (χ2v) is 7.86. The van der Waals surface area contributed by atoms with Gasteiger partial charge in [0.25, 0.3) is 5.91 Å². The normalized spacial score (nSPS) is 17.7. The summed E-state index contributed by atoms with van der Waals surface area (Å²) in [7, 11) is 0. The molecule has 1 fully saturated rings. The second kappa shape index (κ2) is 9.21. The Morgan fingerprint density at radius 1 is 1.16 bits per heavy atom. The maximum absolute atomic E-state index is 12.9. The van der Waals surface area contributed by atoms with Gasteiger partial charge in [-0.2, -0.15) is 0 Å². The highest BCUT2D eigenvalue weighted by Gasteiger charge is 2.39. The molecule has 166 valence electrons. The zero-order valence-electron chi connectivity index (χ0n) is 17.8. The third-order valence-corrected chi connectivity index (χ3v) is 5.73. The van der Waals surface area contributed by atoms with Gasteiger partial charge in [-0.05, 0) is 49.6 Å². The van der Waals surface area contributed by atoms with Gasteiger partial charge < -0.3 is 15.0 Å². The van der Waals surface area contributed by atoms with E-state index in [0.717, 1.165) is 11.3 Å². The summed E-state index contributed by atoms with van der Waals surface area (Å²) in [4.78, 5) is 50.6. The molecule has 1 unspecified atom stereocenters. The predicted molar refractivity (Wildman–Crippen MR) is 117 cm³/mol. The van der Waals surface area contributed by atoms with Crippen molar-refractivity contribution in [2.45, 2.75) is 45.2 Å². The van der Waals surface area contributed by atoms with E-state index in [1.54, 1.807) is 18.2 Å². The van der Waals surface area contributed by atoms with Crippen molar-refractivity contribution in [2.75, 3.05) is 11.9 Å². The van der Waals surface area contributed by atoms with Gasteiger partial charge >= 0.3 is 0 Å². The third kappa shape index (κ3) is 4.49. The number of amides is 4. The van der Waals surface area contributed by atoms with E-state index in [0.29, 0.717) is 42.7 Å². The lowest BCUT2D eigenvalue weighted by atomic mass is 10.0. The fourth-order valence-corrected chi connectivity index (χ4v) is 4.09. The molecule has 4 rings (SSSR count). The first-order valence-corrected chi connectivity index (χ1v) is 10.7. The summed E-state index contributed by atoms with van der Waals surface area (Å²) in [6.07, 6.45) is 1.37. The number of aryl methyl sites for hydroxylation is 1. The van der Waals surface area contributed by atoms with Crippen LogP contribution in [0.15, 0.2) is 42.5 Å². The van der Waals surface area contributed by atoms with E-state index in [9.17, 15) is 19.2 Å². The van der Waals surface area contributed by atoms with Crippen molar-refractivity contribution in [1.82, 2.24) is 10.2 Å². The summed E-state index contributed by atoms with van der Waals surface area (Å²) >= 11 is 0. The summed E-state index contributed by atoms with van der Waals surface area (Å²) in [5, 5.41) is 5.20. The van der Waals surface area contributed by atoms with E-state index in [-0.39, 0.29) is 30.7 Å². The molecule has 0 aromatic heterocycles. The smallest absolute Gasteiger partial charge is 0.255 e. The van der Waals surface area contributed by atoms with Crippen molar-refractivity contribution in [1.29, 1.82) is 0 Å². The molecule has 2 aliphatic heterocycles. The summed E-state index contributed by atoms with van der Waals surface area (Å²) in [6.45, 7) is 2.75. The Kier molecular flexibility index (Phi) is 6.20. The molecule has 32 heavy (non-hydrogen) atoms.